The third-order valence-corrected chi connectivity index (χ3v) is 3.75. The molecule has 2 aromatic carbocycles. The average molecular weight is 312 g/mol. The molecule has 0 N–H and O–H groups in total. The molecule has 0 radical (unpaired) electrons. The van der Waals surface area contributed by atoms with Crippen molar-refractivity contribution in [2.75, 3.05) is 13.2 Å². The quantitative estimate of drug-likeness (QED) is 0.638. The van der Waals surface area contributed by atoms with Crippen LogP contribution in [0.2, 0.25) is 0 Å². The van der Waals surface area contributed by atoms with Crippen LogP contribution in [0.25, 0.3) is 0 Å². The summed E-state index contributed by atoms with van der Waals surface area (Å²) in [6.45, 7) is 3.26. The second-order valence-corrected chi connectivity index (χ2v) is 5.57. The van der Waals surface area contributed by atoms with Crippen LogP contribution in [0.4, 0.5) is 0 Å². The molecule has 1 heterocycles. The molecule has 1 aliphatic rings. The molecule has 4 nitrogen and oxygen atoms in total. The first-order chi connectivity index (χ1) is 11.2. The zero-order chi connectivity index (χ0) is 16.1. The first kappa shape index (κ1) is 15.4. The highest BCUT2D eigenvalue weighted by molar-refractivity contribution is 5.73. The van der Waals surface area contributed by atoms with Gasteiger partial charge in [-0.2, -0.15) is 0 Å². The van der Waals surface area contributed by atoms with Crippen molar-refractivity contribution in [1.82, 2.24) is 0 Å². The maximum absolute atomic E-state index is 12.0. The topological polar surface area (TPSA) is 44.8 Å². The number of carbonyl (C=O) groups excluding carboxylic acids is 1. The summed E-state index contributed by atoms with van der Waals surface area (Å²) in [5, 5.41) is 0. The summed E-state index contributed by atoms with van der Waals surface area (Å²) < 4.78 is 16.7. The van der Waals surface area contributed by atoms with E-state index in [2.05, 4.69) is 0 Å². The summed E-state index contributed by atoms with van der Waals surface area (Å²) in [7, 11) is 0. The third-order valence-electron chi connectivity index (χ3n) is 3.75. The van der Waals surface area contributed by atoms with Gasteiger partial charge < -0.3 is 14.2 Å². The predicted octanol–water partition coefficient (Wildman–Crippen LogP) is 3.69. The Hall–Kier alpha value is -2.49. The zero-order valence-corrected chi connectivity index (χ0v) is 13.2. The van der Waals surface area contributed by atoms with E-state index in [1.807, 2.05) is 43.3 Å². The molecule has 3 rings (SSSR count). The smallest absolute Gasteiger partial charge is 0.311 e. The lowest BCUT2D eigenvalue weighted by Gasteiger charge is -2.10. The number of carbonyl (C=O) groups is 1. The molecule has 0 amide bonds. The lowest BCUT2D eigenvalue weighted by atomic mass is 10.1. The molecule has 0 aliphatic carbocycles. The van der Waals surface area contributed by atoms with Crippen LogP contribution in [0.3, 0.4) is 0 Å². The van der Waals surface area contributed by atoms with Crippen LogP contribution in [0.15, 0.2) is 42.5 Å². The molecule has 0 bridgehead atoms. The summed E-state index contributed by atoms with van der Waals surface area (Å²) in [5.74, 6) is 1.92. The van der Waals surface area contributed by atoms with Gasteiger partial charge in [0, 0.05) is 12.8 Å². The summed E-state index contributed by atoms with van der Waals surface area (Å²) in [6, 6.07) is 13.3. The minimum Gasteiger partial charge on any atom is -0.490 e. The lowest BCUT2D eigenvalue weighted by molar-refractivity contribution is -0.134. The molecular formula is C19H20O4. The molecule has 0 aromatic heterocycles. The fourth-order valence-electron chi connectivity index (χ4n) is 2.45. The highest BCUT2D eigenvalue weighted by Crippen LogP contribution is 2.30. The van der Waals surface area contributed by atoms with Gasteiger partial charge in [-0.15, -0.1) is 0 Å². The van der Waals surface area contributed by atoms with Crippen LogP contribution in [0, 0.1) is 6.92 Å². The van der Waals surface area contributed by atoms with Crippen LogP contribution in [0.5, 0.6) is 17.2 Å². The van der Waals surface area contributed by atoms with E-state index in [4.69, 9.17) is 14.2 Å². The van der Waals surface area contributed by atoms with E-state index >= 15 is 0 Å². The van der Waals surface area contributed by atoms with E-state index in [9.17, 15) is 4.79 Å². The molecule has 23 heavy (non-hydrogen) atoms. The normalized spacial score (nSPS) is 13.3. The average Bonchev–Trinajstić information content (AvgIpc) is 2.80. The first-order valence-electron chi connectivity index (χ1n) is 7.87. The van der Waals surface area contributed by atoms with Crippen molar-refractivity contribution in [3.05, 3.63) is 53.6 Å². The van der Waals surface area contributed by atoms with Crippen LogP contribution in [-0.4, -0.2) is 19.2 Å². The number of hydrogen-bond acceptors (Lipinski definition) is 4. The molecule has 0 saturated heterocycles. The van der Waals surface area contributed by atoms with Gasteiger partial charge in [-0.1, -0.05) is 24.3 Å². The summed E-state index contributed by atoms with van der Waals surface area (Å²) in [4.78, 5) is 12.0. The maximum atomic E-state index is 12.0. The molecule has 2 aromatic rings. The number of benzene rings is 2. The van der Waals surface area contributed by atoms with Gasteiger partial charge in [0.25, 0.3) is 0 Å². The molecule has 0 unspecified atom stereocenters. The first-order valence-corrected chi connectivity index (χ1v) is 7.87. The Kier molecular flexibility index (Phi) is 4.81. The standard InChI is InChI=1S/C19H20O4/c1-14-5-2-3-6-16(14)23-19(20)10-8-15-7-9-17-18(13-15)22-12-4-11-21-17/h2-3,5-7,9,13H,4,8,10-12H2,1H3. The monoisotopic (exact) mass is 312 g/mol. The van der Waals surface area contributed by atoms with Crippen molar-refractivity contribution in [2.45, 2.75) is 26.2 Å². The van der Waals surface area contributed by atoms with Crippen molar-refractivity contribution in [3.8, 4) is 17.2 Å². The van der Waals surface area contributed by atoms with Gasteiger partial charge >= 0.3 is 5.97 Å². The fourth-order valence-corrected chi connectivity index (χ4v) is 2.45. The van der Waals surface area contributed by atoms with Crippen molar-refractivity contribution in [3.63, 3.8) is 0 Å². The van der Waals surface area contributed by atoms with E-state index in [1.54, 1.807) is 6.07 Å². The third kappa shape index (κ3) is 4.03. The largest absolute Gasteiger partial charge is 0.490 e. The van der Waals surface area contributed by atoms with Crippen molar-refractivity contribution >= 4 is 5.97 Å². The van der Waals surface area contributed by atoms with Crippen molar-refractivity contribution < 1.29 is 19.0 Å². The molecule has 1 aliphatic heterocycles. The van der Waals surface area contributed by atoms with E-state index in [0.717, 1.165) is 29.0 Å². The number of aryl methyl sites for hydroxylation is 2. The second kappa shape index (κ2) is 7.18. The molecule has 0 atom stereocenters. The highest BCUT2D eigenvalue weighted by Gasteiger charge is 2.12. The van der Waals surface area contributed by atoms with E-state index in [-0.39, 0.29) is 5.97 Å². The fraction of sp³-hybridized carbons (Fsp3) is 0.316. The number of ether oxygens (including phenoxy) is 3. The van der Waals surface area contributed by atoms with Gasteiger partial charge in [0.1, 0.15) is 5.75 Å². The Balaban J connectivity index is 1.59. The van der Waals surface area contributed by atoms with Crippen LogP contribution in [0.1, 0.15) is 24.0 Å². The number of rotatable bonds is 4. The molecule has 0 fully saturated rings. The van der Waals surface area contributed by atoms with Gasteiger partial charge in [-0.3, -0.25) is 4.79 Å². The van der Waals surface area contributed by atoms with Crippen molar-refractivity contribution in [2.24, 2.45) is 0 Å². The minimum atomic E-state index is -0.230. The predicted molar refractivity (Wildman–Crippen MR) is 87.2 cm³/mol. The maximum Gasteiger partial charge on any atom is 0.311 e. The van der Waals surface area contributed by atoms with Gasteiger partial charge in [-0.25, -0.2) is 0 Å². The molecule has 0 saturated carbocycles. The van der Waals surface area contributed by atoms with Gasteiger partial charge in [0.15, 0.2) is 11.5 Å². The SMILES string of the molecule is Cc1ccccc1OC(=O)CCc1ccc2c(c1)OCCCO2. The van der Waals surface area contributed by atoms with E-state index in [0.29, 0.717) is 31.8 Å². The van der Waals surface area contributed by atoms with Crippen LogP contribution >= 0.6 is 0 Å². The summed E-state index contributed by atoms with van der Waals surface area (Å²) in [6.07, 6.45) is 1.82. The highest BCUT2D eigenvalue weighted by atomic mass is 16.5. The number of para-hydroxylation sites is 1. The Morgan fingerprint density at radius 3 is 2.70 bits per heavy atom. The molecular weight excluding hydrogens is 292 g/mol. The van der Waals surface area contributed by atoms with Gasteiger partial charge in [0.2, 0.25) is 0 Å². The Morgan fingerprint density at radius 1 is 1.09 bits per heavy atom. The summed E-state index contributed by atoms with van der Waals surface area (Å²) in [5.41, 5.74) is 1.99. The van der Waals surface area contributed by atoms with Gasteiger partial charge in [0.05, 0.1) is 13.2 Å². The second-order valence-electron chi connectivity index (χ2n) is 5.57. The Labute approximate surface area is 136 Å². The number of hydrogen-bond donors (Lipinski definition) is 0. The zero-order valence-electron chi connectivity index (χ0n) is 13.2. The Bertz CT molecular complexity index is 694. The number of esters is 1. The number of fused-ring (bicyclic) bond motifs is 1. The van der Waals surface area contributed by atoms with Crippen molar-refractivity contribution in [1.29, 1.82) is 0 Å². The summed E-state index contributed by atoms with van der Waals surface area (Å²) >= 11 is 0. The van der Waals surface area contributed by atoms with Crippen LogP contribution in [-0.2, 0) is 11.2 Å². The minimum absolute atomic E-state index is 0.230. The van der Waals surface area contributed by atoms with Crippen LogP contribution < -0.4 is 14.2 Å². The molecule has 4 heteroatoms. The lowest BCUT2D eigenvalue weighted by Crippen LogP contribution is -2.09. The Morgan fingerprint density at radius 2 is 1.87 bits per heavy atom. The van der Waals surface area contributed by atoms with E-state index in [1.165, 1.54) is 0 Å². The molecule has 120 valence electrons. The van der Waals surface area contributed by atoms with E-state index < -0.39 is 0 Å². The van der Waals surface area contributed by atoms with Gasteiger partial charge in [-0.05, 0) is 42.7 Å². The molecule has 0 spiro atoms.